The Kier molecular flexibility index (Phi) is 5.38. The highest BCUT2D eigenvalue weighted by Crippen LogP contribution is 2.50. The Balaban J connectivity index is 1.28. The molecule has 0 aliphatic heterocycles. The fraction of sp³-hybridized carbons (Fsp3) is 0. The van der Waals surface area contributed by atoms with E-state index in [0.717, 1.165) is 49.9 Å². The largest absolute Gasteiger partial charge is 0.292 e. The highest BCUT2D eigenvalue weighted by molar-refractivity contribution is 6.30. The van der Waals surface area contributed by atoms with Crippen molar-refractivity contribution >= 4 is 54.4 Å². The molecule has 0 saturated carbocycles. The molecule has 226 valence electrons. The first kappa shape index (κ1) is 26.5. The summed E-state index contributed by atoms with van der Waals surface area (Å²) in [4.78, 5) is 11.0. The Bertz CT molecular complexity index is 2970. The molecule has 0 spiro atoms. The van der Waals surface area contributed by atoms with Crippen LogP contribution < -0.4 is 0 Å². The molecule has 1 aliphatic rings. The van der Waals surface area contributed by atoms with Crippen LogP contribution in [0.1, 0.15) is 0 Å². The van der Waals surface area contributed by atoms with E-state index in [9.17, 15) is 0 Å². The average Bonchev–Trinajstić information content (AvgIpc) is 3.45. The van der Waals surface area contributed by atoms with Crippen LogP contribution in [0.3, 0.4) is 0 Å². The molecular formula is C46H27N3. The van der Waals surface area contributed by atoms with Crippen LogP contribution in [0.25, 0.3) is 105 Å². The Labute approximate surface area is 282 Å². The summed E-state index contributed by atoms with van der Waals surface area (Å²) in [7, 11) is 0. The lowest BCUT2D eigenvalue weighted by Crippen LogP contribution is -2.04. The van der Waals surface area contributed by atoms with E-state index in [2.05, 4.69) is 168 Å². The smallest absolute Gasteiger partial charge is 0.165 e. The number of fused-ring (bicyclic) bond motifs is 6. The molecular weight excluding hydrogens is 595 g/mol. The van der Waals surface area contributed by atoms with Crippen molar-refractivity contribution in [1.82, 2.24) is 14.5 Å². The van der Waals surface area contributed by atoms with E-state index in [1.807, 2.05) is 0 Å². The van der Waals surface area contributed by atoms with E-state index >= 15 is 0 Å². The Hall–Kier alpha value is -6.58. The van der Waals surface area contributed by atoms with E-state index in [0.29, 0.717) is 0 Å². The lowest BCUT2D eigenvalue weighted by Gasteiger charge is -2.16. The molecule has 0 bridgehead atoms. The van der Waals surface area contributed by atoms with Gasteiger partial charge in [0, 0.05) is 21.7 Å². The molecule has 0 unspecified atom stereocenters. The third kappa shape index (κ3) is 3.73. The number of hydrogen-bond donors (Lipinski definition) is 0. The molecule has 0 atom stereocenters. The van der Waals surface area contributed by atoms with Gasteiger partial charge in [0.25, 0.3) is 0 Å². The van der Waals surface area contributed by atoms with E-state index in [1.54, 1.807) is 0 Å². The van der Waals surface area contributed by atoms with Crippen LogP contribution >= 0.6 is 0 Å². The minimum Gasteiger partial charge on any atom is -0.292 e. The van der Waals surface area contributed by atoms with Gasteiger partial charge in [0.1, 0.15) is 5.69 Å². The summed E-state index contributed by atoms with van der Waals surface area (Å²) in [5, 5.41) is 7.31. The zero-order valence-corrected chi connectivity index (χ0v) is 26.4. The van der Waals surface area contributed by atoms with Gasteiger partial charge in [-0.1, -0.05) is 146 Å². The molecule has 0 fully saturated rings. The molecule has 0 radical (unpaired) electrons. The fourth-order valence-corrected chi connectivity index (χ4v) is 8.14. The predicted octanol–water partition coefficient (Wildman–Crippen LogP) is 12.0. The first-order valence-corrected chi connectivity index (χ1v) is 16.8. The van der Waals surface area contributed by atoms with Crippen LogP contribution in [-0.2, 0) is 0 Å². The van der Waals surface area contributed by atoms with Crippen molar-refractivity contribution in [3.05, 3.63) is 164 Å². The van der Waals surface area contributed by atoms with Gasteiger partial charge in [0.15, 0.2) is 5.82 Å². The second kappa shape index (κ2) is 9.96. The van der Waals surface area contributed by atoms with E-state index in [1.165, 1.54) is 54.9 Å². The second-order valence-electron chi connectivity index (χ2n) is 12.9. The summed E-state index contributed by atoms with van der Waals surface area (Å²) in [5.74, 6) is 0.832. The molecule has 3 heteroatoms. The number of nitrogens with zero attached hydrogens (tertiary/aromatic N) is 3. The third-order valence-corrected chi connectivity index (χ3v) is 10.3. The number of hydrogen-bond acceptors (Lipinski definition) is 2. The Morgan fingerprint density at radius 3 is 1.82 bits per heavy atom. The Morgan fingerprint density at radius 2 is 0.980 bits per heavy atom. The molecule has 10 aromatic rings. The standard InChI is InChI=1S/C46H27N3/c1-2-10-28(11-3-1)29-20-22-32(23-21-29)44-46(47-38-26-24-30-12-4-5-14-33(30)45(38)48-44)49-39-19-9-18-37-35-16-7-6-15-34(35)36-17-8-13-31-25-27-40(49)43(41(31)36)42(37)39/h1-27H. The number of aromatic nitrogens is 3. The minimum absolute atomic E-state index is 0.832. The normalized spacial score (nSPS) is 12.1. The fourth-order valence-electron chi connectivity index (χ4n) is 8.14. The van der Waals surface area contributed by atoms with Crippen molar-refractivity contribution in [2.45, 2.75) is 0 Å². The van der Waals surface area contributed by atoms with Crippen LogP contribution in [-0.4, -0.2) is 14.5 Å². The van der Waals surface area contributed by atoms with Crippen LogP contribution in [0.15, 0.2) is 164 Å². The predicted molar refractivity (Wildman–Crippen MR) is 204 cm³/mol. The van der Waals surface area contributed by atoms with Crippen LogP contribution in [0.4, 0.5) is 0 Å². The van der Waals surface area contributed by atoms with Crippen LogP contribution in [0.2, 0.25) is 0 Å². The van der Waals surface area contributed by atoms with Crippen LogP contribution in [0.5, 0.6) is 0 Å². The van der Waals surface area contributed by atoms with Crippen molar-refractivity contribution in [2.24, 2.45) is 0 Å². The first-order chi connectivity index (χ1) is 24.3. The lowest BCUT2D eigenvalue weighted by molar-refractivity contribution is 1.08. The summed E-state index contributed by atoms with van der Waals surface area (Å²) in [6.45, 7) is 0. The molecule has 0 N–H and O–H groups in total. The summed E-state index contributed by atoms with van der Waals surface area (Å²) >= 11 is 0. The molecule has 0 amide bonds. The zero-order chi connectivity index (χ0) is 32.1. The maximum atomic E-state index is 5.52. The quantitative estimate of drug-likeness (QED) is 0.184. The van der Waals surface area contributed by atoms with Crippen molar-refractivity contribution < 1.29 is 0 Å². The number of benzene rings is 8. The van der Waals surface area contributed by atoms with E-state index in [4.69, 9.17) is 9.97 Å². The molecule has 49 heavy (non-hydrogen) atoms. The molecule has 1 aliphatic carbocycles. The molecule has 11 rings (SSSR count). The summed E-state index contributed by atoms with van der Waals surface area (Å²) in [6, 6.07) is 58.8. The van der Waals surface area contributed by atoms with Crippen molar-refractivity contribution in [1.29, 1.82) is 0 Å². The SMILES string of the molecule is c1ccc(-c2ccc(-c3nc4c(ccc5ccccc54)nc3-n3c4cccc5c4c4c6c(cccc6ccc43)-c3ccccc3-5)cc2)cc1. The van der Waals surface area contributed by atoms with Crippen molar-refractivity contribution in [3.8, 4) is 50.5 Å². The van der Waals surface area contributed by atoms with Crippen molar-refractivity contribution in [3.63, 3.8) is 0 Å². The molecule has 0 saturated heterocycles. The molecule has 3 nitrogen and oxygen atoms in total. The van der Waals surface area contributed by atoms with Gasteiger partial charge in [0.05, 0.1) is 22.1 Å². The van der Waals surface area contributed by atoms with Gasteiger partial charge >= 0.3 is 0 Å². The molecule has 8 aromatic carbocycles. The molecule has 2 aromatic heterocycles. The summed E-state index contributed by atoms with van der Waals surface area (Å²) < 4.78 is 2.36. The van der Waals surface area contributed by atoms with Gasteiger partial charge in [-0.15, -0.1) is 0 Å². The van der Waals surface area contributed by atoms with Gasteiger partial charge in [-0.2, -0.15) is 0 Å². The van der Waals surface area contributed by atoms with E-state index in [-0.39, 0.29) is 0 Å². The van der Waals surface area contributed by atoms with Gasteiger partial charge in [-0.3, -0.25) is 4.57 Å². The third-order valence-electron chi connectivity index (χ3n) is 10.3. The maximum Gasteiger partial charge on any atom is 0.165 e. The summed E-state index contributed by atoms with van der Waals surface area (Å²) in [5.41, 5.74) is 13.3. The highest BCUT2D eigenvalue weighted by atomic mass is 15.1. The second-order valence-corrected chi connectivity index (χ2v) is 12.9. The Morgan fingerprint density at radius 1 is 0.367 bits per heavy atom. The monoisotopic (exact) mass is 621 g/mol. The number of rotatable bonds is 3. The van der Waals surface area contributed by atoms with Gasteiger partial charge < -0.3 is 0 Å². The maximum absolute atomic E-state index is 5.52. The minimum atomic E-state index is 0.832. The topological polar surface area (TPSA) is 30.7 Å². The van der Waals surface area contributed by atoms with Gasteiger partial charge in [0.2, 0.25) is 0 Å². The highest BCUT2D eigenvalue weighted by Gasteiger charge is 2.26. The van der Waals surface area contributed by atoms with Gasteiger partial charge in [-0.05, 0) is 67.7 Å². The van der Waals surface area contributed by atoms with Gasteiger partial charge in [-0.25, -0.2) is 9.97 Å². The van der Waals surface area contributed by atoms with E-state index < -0.39 is 0 Å². The zero-order valence-electron chi connectivity index (χ0n) is 26.4. The van der Waals surface area contributed by atoms with Crippen LogP contribution in [0, 0.1) is 0 Å². The molecule has 2 heterocycles. The average molecular weight is 622 g/mol. The summed E-state index contributed by atoms with van der Waals surface area (Å²) in [6.07, 6.45) is 0. The van der Waals surface area contributed by atoms with Crippen molar-refractivity contribution in [2.75, 3.05) is 0 Å². The first-order valence-electron chi connectivity index (χ1n) is 16.8. The lowest BCUT2D eigenvalue weighted by atomic mass is 9.93.